The molecule has 0 saturated carbocycles. The van der Waals surface area contributed by atoms with Crippen LogP contribution in [0, 0.1) is 5.82 Å². The number of aromatic nitrogens is 1. The van der Waals surface area contributed by atoms with Crippen LogP contribution in [0.1, 0.15) is 22.7 Å². The minimum absolute atomic E-state index is 0.0478. The molecule has 2 heterocycles. The summed E-state index contributed by atoms with van der Waals surface area (Å²) in [5, 5.41) is 13.1. The van der Waals surface area contributed by atoms with E-state index in [-0.39, 0.29) is 23.7 Å². The van der Waals surface area contributed by atoms with Crippen LogP contribution in [0.2, 0.25) is 0 Å². The smallest absolute Gasteiger partial charge is 0.295 e. The first-order valence-electron chi connectivity index (χ1n) is 11.0. The van der Waals surface area contributed by atoms with Gasteiger partial charge in [0.25, 0.3) is 11.7 Å². The number of likely N-dealkylation sites (tertiary alicyclic amines) is 1. The summed E-state index contributed by atoms with van der Waals surface area (Å²) in [5.41, 5.74) is 2.06. The van der Waals surface area contributed by atoms with Crippen molar-refractivity contribution in [3.8, 4) is 0 Å². The van der Waals surface area contributed by atoms with Crippen molar-refractivity contribution in [3.05, 3.63) is 119 Å². The SMILES string of the molecule is O=C1C(=O)N(CCc2ccc(F)cc2)C(c2ccncc2)/C1=C(/O)c1cccc2ccccc12. The third-order valence-corrected chi connectivity index (χ3v) is 6.16. The first-order chi connectivity index (χ1) is 16.5. The van der Waals surface area contributed by atoms with Crippen LogP contribution < -0.4 is 0 Å². The van der Waals surface area contributed by atoms with E-state index in [1.807, 2.05) is 36.4 Å². The van der Waals surface area contributed by atoms with Gasteiger partial charge in [0.05, 0.1) is 11.6 Å². The summed E-state index contributed by atoms with van der Waals surface area (Å²) in [5.74, 6) is -1.95. The van der Waals surface area contributed by atoms with E-state index >= 15 is 0 Å². The average molecular weight is 452 g/mol. The Morgan fingerprint density at radius 3 is 2.38 bits per heavy atom. The number of aliphatic hydroxyl groups excluding tert-OH is 1. The Morgan fingerprint density at radius 2 is 1.62 bits per heavy atom. The van der Waals surface area contributed by atoms with E-state index in [0.717, 1.165) is 16.3 Å². The van der Waals surface area contributed by atoms with Crippen molar-refractivity contribution in [2.45, 2.75) is 12.5 Å². The topological polar surface area (TPSA) is 70.5 Å². The zero-order valence-corrected chi connectivity index (χ0v) is 18.2. The van der Waals surface area contributed by atoms with Gasteiger partial charge in [-0.1, -0.05) is 54.6 Å². The second kappa shape index (κ2) is 8.90. The molecule has 34 heavy (non-hydrogen) atoms. The lowest BCUT2D eigenvalue weighted by Crippen LogP contribution is -2.31. The van der Waals surface area contributed by atoms with Gasteiger partial charge in [-0.15, -0.1) is 0 Å². The van der Waals surface area contributed by atoms with Gasteiger partial charge in [0.2, 0.25) is 0 Å². The number of amides is 1. The number of hydrogen-bond donors (Lipinski definition) is 1. The summed E-state index contributed by atoms with van der Waals surface area (Å²) < 4.78 is 13.3. The fraction of sp³-hybridized carbons (Fsp3) is 0.107. The number of nitrogens with zero attached hydrogens (tertiary/aromatic N) is 2. The van der Waals surface area contributed by atoms with Crippen LogP contribution in [0.4, 0.5) is 4.39 Å². The van der Waals surface area contributed by atoms with E-state index in [1.165, 1.54) is 17.0 Å². The molecule has 4 aromatic rings. The molecule has 1 aromatic heterocycles. The molecule has 5 rings (SSSR count). The second-order valence-corrected chi connectivity index (χ2v) is 8.18. The predicted octanol–water partition coefficient (Wildman–Crippen LogP) is 5.04. The number of fused-ring (bicyclic) bond motifs is 1. The summed E-state index contributed by atoms with van der Waals surface area (Å²) in [4.78, 5) is 31.9. The number of hydrogen-bond acceptors (Lipinski definition) is 4. The largest absolute Gasteiger partial charge is 0.507 e. The lowest BCUT2D eigenvalue weighted by molar-refractivity contribution is -0.139. The van der Waals surface area contributed by atoms with E-state index < -0.39 is 17.7 Å². The molecule has 1 aliphatic heterocycles. The van der Waals surface area contributed by atoms with Gasteiger partial charge in [0, 0.05) is 24.5 Å². The number of halogens is 1. The van der Waals surface area contributed by atoms with Crippen molar-refractivity contribution in [2.24, 2.45) is 0 Å². The highest BCUT2D eigenvalue weighted by Gasteiger charge is 2.45. The van der Waals surface area contributed by atoms with Gasteiger partial charge in [0.1, 0.15) is 11.6 Å². The number of aliphatic hydroxyl groups is 1. The summed E-state index contributed by atoms with van der Waals surface area (Å²) >= 11 is 0. The minimum Gasteiger partial charge on any atom is -0.507 e. The zero-order valence-electron chi connectivity index (χ0n) is 18.2. The quantitative estimate of drug-likeness (QED) is 0.262. The van der Waals surface area contributed by atoms with Crippen molar-refractivity contribution in [3.63, 3.8) is 0 Å². The lowest BCUT2D eigenvalue weighted by atomic mass is 9.94. The molecule has 0 spiro atoms. The Hall–Kier alpha value is -4.32. The fourth-order valence-electron chi connectivity index (χ4n) is 4.48. The third-order valence-electron chi connectivity index (χ3n) is 6.16. The molecule has 6 heteroatoms. The van der Waals surface area contributed by atoms with Crippen LogP contribution in [0.5, 0.6) is 0 Å². The first kappa shape index (κ1) is 21.5. The maximum Gasteiger partial charge on any atom is 0.295 e. The number of pyridine rings is 1. The Kier molecular flexibility index (Phi) is 5.64. The van der Waals surface area contributed by atoms with Crippen LogP contribution in [0.3, 0.4) is 0 Å². The van der Waals surface area contributed by atoms with Gasteiger partial charge in [-0.25, -0.2) is 4.39 Å². The van der Waals surface area contributed by atoms with Crippen molar-refractivity contribution in [1.29, 1.82) is 0 Å². The number of benzene rings is 3. The number of rotatable bonds is 5. The van der Waals surface area contributed by atoms with E-state index in [0.29, 0.717) is 17.5 Å². The maximum absolute atomic E-state index is 13.3. The highest BCUT2D eigenvalue weighted by Crippen LogP contribution is 2.40. The second-order valence-electron chi connectivity index (χ2n) is 8.18. The van der Waals surface area contributed by atoms with Crippen molar-refractivity contribution < 1.29 is 19.1 Å². The van der Waals surface area contributed by atoms with Crippen molar-refractivity contribution in [1.82, 2.24) is 9.88 Å². The first-order valence-corrected chi connectivity index (χ1v) is 11.0. The molecule has 1 amide bonds. The normalized spacial score (nSPS) is 17.4. The van der Waals surface area contributed by atoms with Crippen molar-refractivity contribution in [2.75, 3.05) is 6.54 Å². The molecular formula is C28H21FN2O3. The van der Waals surface area contributed by atoms with Gasteiger partial charge in [-0.2, -0.15) is 0 Å². The molecule has 5 nitrogen and oxygen atoms in total. The standard InChI is InChI=1S/C28H21FN2O3/c29-21-10-8-18(9-11-21)14-17-31-25(20-12-15-30-16-13-20)24(27(33)28(31)34)26(32)23-7-3-5-19-4-1-2-6-22(19)23/h1-13,15-16,25,32H,14,17H2/b26-24-. The van der Waals surface area contributed by atoms with E-state index in [4.69, 9.17) is 0 Å². The Balaban J connectivity index is 1.61. The minimum atomic E-state index is -0.762. The van der Waals surface area contributed by atoms with E-state index in [2.05, 4.69) is 4.98 Å². The van der Waals surface area contributed by atoms with Crippen LogP contribution in [-0.4, -0.2) is 33.2 Å². The lowest BCUT2D eigenvalue weighted by Gasteiger charge is -2.25. The van der Waals surface area contributed by atoms with Crippen LogP contribution in [0.25, 0.3) is 16.5 Å². The molecule has 0 aliphatic carbocycles. The Labute approximate surface area is 195 Å². The molecule has 1 atom stereocenters. The molecular weight excluding hydrogens is 431 g/mol. The highest BCUT2D eigenvalue weighted by molar-refractivity contribution is 6.46. The zero-order chi connectivity index (χ0) is 23.7. The summed E-state index contributed by atoms with van der Waals surface area (Å²) in [7, 11) is 0. The van der Waals surface area contributed by atoms with Crippen molar-refractivity contribution >= 4 is 28.2 Å². The fourth-order valence-corrected chi connectivity index (χ4v) is 4.48. The molecule has 168 valence electrons. The number of carbonyl (C=O) groups is 2. The third kappa shape index (κ3) is 3.83. The summed E-state index contributed by atoms with van der Waals surface area (Å²) in [6, 6.07) is 21.8. The molecule has 1 N–H and O–H groups in total. The Bertz CT molecular complexity index is 1410. The highest BCUT2D eigenvalue weighted by atomic mass is 19.1. The number of carbonyl (C=O) groups excluding carboxylic acids is 2. The molecule has 0 radical (unpaired) electrons. The molecule has 0 bridgehead atoms. The molecule has 3 aromatic carbocycles. The molecule has 1 fully saturated rings. The van der Waals surface area contributed by atoms with Gasteiger partial charge in [0.15, 0.2) is 0 Å². The van der Waals surface area contributed by atoms with Gasteiger partial charge < -0.3 is 10.0 Å². The Morgan fingerprint density at radius 1 is 0.912 bits per heavy atom. The predicted molar refractivity (Wildman–Crippen MR) is 127 cm³/mol. The van der Waals surface area contributed by atoms with E-state index in [1.54, 1.807) is 42.7 Å². The van der Waals surface area contributed by atoms with Gasteiger partial charge in [-0.05, 0) is 52.6 Å². The molecule has 1 unspecified atom stereocenters. The summed E-state index contributed by atoms with van der Waals surface area (Å²) in [6.45, 7) is 0.232. The summed E-state index contributed by atoms with van der Waals surface area (Å²) in [6.07, 6.45) is 3.61. The molecule has 1 aliphatic rings. The van der Waals surface area contributed by atoms with Gasteiger partial charge >= 0.3 is 0 Å². The van der Waals surface area contributed by atoms with Crippen LogP contribution >= 0.6 is 0 Å². The van der Waals surface area contributed by atoms with E-state index in [9.17, 15) is 19.1 Å². The average Bonchev–Trinajstić information content (AvgIpc) is 3.13. The number of ketones is 1. The maximum atomic E-state index is 13.3. The van der Waals surface area contributed by atoms with Crippen LogP contribution in [-0.2, 0) is 16.0 Å². The van der Waals surface area contributed by atoms with Crippen LogP contribution in [0.15, 0.2) is 96.8 Å². The van der Waals surface area contributed by atoms with Gasteiger partial charge in [-0.3, -0.25) is 14.6 Å². The molecule has 1 saturated heterocycles. The number of Topliss-reactive ketones (excluding diaryl/α,β-unsaturated/α-hetero) is 1. The monoisotopic (exact) mass is 452 g/mol.